The number of piperidine rings is 1. The molecular formula is C25H30B5N3O6. The molecule has 196 valence electrons. The topological polar surface area (TPSA) is 105 Å². The molecule has 0 saturated carbocycles. The van der Waals surface area contributed by atoms with Crippen LogP contribution in [0.4, 0.5) is 0 Å². The molecule has 0 aromatic heterocycles. The van der Waals surface area contributed by atoms with Crippen molar-refractivity contribution in [2.45, 2.75) is 37.4 Å². The van der Waals surface area contributed by atoms with Crippen molar-refractivity contribution < 1.29 is 28.7 Å². The van der Waals surface area contributed by atoms with Crippen molar-refractivity contribution in [3.05, 3.63) is 46.5 Å². The Kier molecular flexibility index (Phi) is 7.42. The lowest BCUT2D eigenvalue weighted by Gasteiger charge is -2.35. The zero-order valence-electron chi connectivity index (χ0n) is 23.1. The van der Waals surface area contributed by atoms with E-state index in [1.807, 2.05) is 18.8 Å². The van der Waals surface area contributed by atoms with Gasteiger partial charge in [0.05, 0.1) is 19.2 Å². The van der Waals surface area contributed by atoms with Crippen LogP contribution in [0.15, 0.2) is 24.3 Å². The number of benzene rings is 2. The second-order valence-electron chi connectivity index (χ2n) is 10.7. The van der Waals surface area contributed by atoms with Crippen molar-refractivity contribution >= 4 is 79.2 Å². The Morgan fingerprint density at radius 3 is 2.56 bits per heavy atom. The predicted molar refractivity (Wildman–Crippen MR) is 159 cm³/mol. The van der Waals surface area contributed by atoms with Gasteiger partial charge >= 0.3 is 0 Å². The van der Waals surface area contributed by atoms with Gasteiger partial charge in [-0.25, -0.2) is 0 Å². The molecule has 9 nitrogen and oxygen atoms in total. The molecule has 3 unspecified atom stereocenters. The lowest BCUT2D eigenvalue weighted by atomic mass is 9.64. The molecule has 1 N–H and O–H groups in total. The van der Waals surface area contributed by atoms with Crippen LogP contribution in [0.3, 0.4) is 0 Å². The fourth-order valence-electron chi connectivity index (χ4n) is 6.22. The van der Waals surface area contributed by atoms with E-state index >= 15 is 0 Å². The number of hydrogen-bond acceptors (Lipinski definition) is 6. The maximum atomic E-state index is 13.2. The van der Waals surface area contributed by atoms with Crippen LogP contribution in [-0.4, -0.2) is 98.5 Å². The highest BCUT2D eigenvalue weighted by atomic mass is 16.5. The number of rotatable bonds is 6. The monoisotopic (exact) mass is 523 g/mol. The van der Waals surface area contributed by atoms with Crippen molar-refractivity contribution in [3.63, 3.8) is 0 Å². The molecule has 0 spiro atoms. The van der Waals surface area contributed by atoms with E-state index in [9.17, 15) is 19.2 Å². The van der Waals surface area contributed by atoms with Gasteiger partial charge in [0.25, 0.3) is 5.91 Å². The molecule has 0 aliphatic carbocycles. The molecule has 2 aromatic carbocycles. The summed E-state index contributed by atoms with van der Waals surface area (Å²) in [5, 5.41) is 2.34. The van der Waals surface area contributed by atoms with Crippen LogP contribution < -0.4 is 26.4 Å². The Balaban J connectivity index is 1.39. The summed E-state index contributed by atoms with van der Waals surface area (Å²) in [6.07, 6.45) is 0.526. The SMILES string of the molecule is Bc1cc(C(B)N2CCOCC2=O)c(B)c(B)c1C(B)Oc1cccc2c1CN(C1CCC(=O)NC1=O)C2=O. The number of hydrogen-bond donors (Lipinski definition) is 1. The molecule has 3 atom stereocenters. The minimum absolute atomic E-state index is 0.00284. The quantitative estimate of drug-likeness (QED) is 0.300. The highest BCUT2D eigenvalue weighted by Crippen LogP contribution is 2.35. The third-order valence-corrected chi connectivity index (χ3v) is 8.39. The molecule has 3 aliphatic rings. The minimum atomic E-state index is -0.673. The van der Waals surface area contributed by atoms with Gasteiger partial charge in [0.15, 0.2) is 7.85 Å². The summed E-state index contributed by atoms with van der Waals surface area (Å²) in [7, 11) is 10.3. The van der Waals surface area contributed by atoms with Crippen molar-refractivity contribution in [1.29, 1.82) is 0 Å². The van der Waals surface area contributed by atoms with Crippen molar-refractivity contribution in [2.75, 3.05) is 19.8 Å². The average Bonchev–Trinajstić information content (AvgIpc) is 3.23. The Labute approximate surface area is 232 Å². The molecule has 5 rings (SSSR count). The minimum Gasteiger partial charge on any atom is -0.495 e. The molecule has 14 heteroatoms. The Hall–Kier alpha value is -3.40. The van der Waals surface area contributed by atoms with Crippen LogP contribution in [0.1, 0.15) is 51.8 Å². The third kappa shape index (κ3) is 4.90. The van der Waals surface area contributed by atoms with Crippen molar-refractivity contribution in [1.82, 2.24) is 15.1 Å². The summed E-state index contributed by atoms with van der Waals surface area (Å²) >= 11 is 0. The number of imide groups is 1. The lowest BCUT2D eigenvalue weighted by molar-refractivity contribution is -0.143. The second kappa shape index (κ2) is 10.6. The van der Waals surface area contributed by atoms with Crippen LogP contribution >= 0.6 is 0 Å². The number of nitrogens with zero attached hydrogens (tertiary/aromatic N) is 2. The van der Waals surface area contributed by atoms with Crippen LogP contribution in [0.25, 0.3) is 0 Å². The largest absolute Gasteiger partial charge is 0.495 e. The average molecular weight is 523 g/mol. The standard InChI is InChI=1S/C25H30B5N3O6/c26-14-8-12(22(29)32-6-7-38-10-18(32)35)20(27)21(28)19(14)23(30)39-16-3-1-2-11-13(16)9-33(25(11)37)15-4-5-17(34)31-24(15)36/h1-3,8,15,22-23H,4-7,9-10,26-30H2,(H,31,34,36). The number of amides is 4. The van der Waals surface area contributed by atoms with Gasteiger partial charge in [-0.3, -0.25) is 24.5 Å². The fraction of sp³-hybridized carbons (Fsp3) is 0.360. The van der Waals surface area contributed by atoms with Crippen LogP contribution in [0.5, 0.6) is 5.75 Å². The van der Waals surface area contributed by atoms with Gasteiger partial charge in [-0.05, 0) is 29.7 Å². The van der Waals surface area contributed by atoms with Gasteiger partial charge in [0.2, 0.25) is 17.7 Å². The first kappa shape index (κ1) is 27.2. The van der Waals surface area contributed by atoms with E-state index in [1.165, 1.54) is 4.90 Å². The van der Waals surface area contributed by atoms with Gasteiger partial charge in [0, 0.05) is 30.0 Å². The molecule has 3 aliphatic heterocycles. The van der Waals surface area contributed by atoms with Crippen LogP contribution in [0.2, 0.25) is 0 Å². The van der Waals surface area contributed by atoms with E-state index in [-0.39, 0.29) is 49.2 Å². The maximum Gasteiger partial charge on any atom is 0.255 e. The number of fused-ring (bicyclic) bond motifs is 1. The van der Waals surface area contributed by atoms with Crippen LogP contribution in [-0.2, 0) is 25.7 Å². The summed E-state index contributed by atoms with van der Waals surface area (Å²) < 4.78 is 11.8. The number of carbonyl (C=O) groups is 4. The van der Waals surface area contributed by atoms with Crippen LogP contribution in [0, 0.1) is 0 Å². The summed E-state index contributed by atoms with van der Waals surface area (Å²) in [5.74, 6) is -0.420. The molecule has 0 radical (unpaired) electrons. The molecule has 3 heterocycles. The molecule has 2 aromatic rings. The van der Waals surface area contributed by atoms with Gasteiger partial charge in [-0.15, -0.1) is 0 Å². The van der Waals surface area contributed by atoms with E-state index in [4.69, 9.17) is 9.47 Å². The highest BCUT2D eigenvalue weighted by molar-refractivity contribution is 6.52. The number of nitrogens with one attached hydrogen (secondary N) is 1. The molecule has 39 heavy (non-hydrogen) atoms. The highest BCUT2D eigenvalue weighted by Gasteiger charge is 2.40. The van der Waals surface area contributed by atoms with Crippen molar-refractivity contribution in [2.24, 2.45) is 0 Å². The Morgan fingerprint density at radius 1 is 1.08 bits per heavy atom. The van der Waals surface area contributed by atoms with E-state index in [2.05, 4.69) is 42.8 Å². The third-order valence-electron chi connectivity index (χ3n) is 8.39. The molecule has 2 saturated heterocycles. The molecule has 0 bridgehead atoms. The molecular weight excluding hydrogens is 492 g/mol. The summed E-state index contributed by atoms with van der Waals surface area (Å²) in [6, 6.07) is 6.58. The smallest absolute Gasteiger partial charge is 0.255 e. The zero-order chi connectivity index (χ0) is 28.0. The van der Waals surface area contributed by atoms with E-state index in [0.29, 0.717) is 30.9 Å². The van der Waals surface area contributed by atoms with E-state index in [1.54, 1.807) is 12.1 Å². The first-order valence-electron chi connectivity index (χ1n) is 13.5. The van der Waals surface area contributed by atoms with Gasteiger partial charge in [-0.1, -0.05) is 28.5 Å². The lowest BCUT2D eigenvalue weighted by Crippen LogP contribution is -2.52. The normalized spacial score (nSPS) is 21.0. The van der Waals surface area contributed by atoms with Gasteiger partial charge in [-0.2, -0.15) is 0 Å². The summed E-state index contributed by atoms with van der Waals surface area (Å²) in [5.41, 5.74) is 6.76. The maximum absolute atomic E-state index is 13.2. The first-order chi connectivity index (χ1) is 18.6. The first-order valence-corrected chi connectivity index (χ1v) is 13.5. The number of carbonyl (C=O) groups excluding carboxylic acids is 4. The second-order valence-corrected chi connectivity index (χ2v) is 10.7. The Bertz CT molecular complexity index is 1390. The summed E-state index contributed by atoms with van der Waals surface area (Å²) in [4.78, 5) is 53.1. The number of morpholine rings is 1. The van der Waals surface area contributed by atoms with Crippen molar-refractivity contribution in [3.8, 4) is 5.75 Å². The summed E-state index contributed by atoms with van der Waals surface area (Å²) in [6.45, 7) is 1.49. The predicted octanol–water partition coefficient (Wildman–Crippen LogP) is -5.58. The van der Waals surface area contributed by atoms with Gasteiger partial charge < -0.3 is 19.3 Å². The molecule has 4 amide bonds. The molecule has 2 fully saturated rings. The Morgan fingerprint density at radius 2 is 1.85 bits per heavy atom. The number of ether oxygens (including phenoxy) is 2. The van der Waals surface area contributed by atoms with E-state index in [0.717, 1.165) is 33.1 Å². The zero-order valence-corrected chi connectivity index (χ0v) is 23.1. The van der Waals surface area contributed by atoms with E-state index < -0.39 is 11.9 Å². The van der Waals surface area contributed by atoms with Gasteiger partial charge in [0.1, 0.15) is 49.8 Å². The fourth-order valence-corrected chi connectivity index (χ4v) is 6.22.